The van der Waals surface area contributed by atoms with E-state index < -0.39 is 9.84 Å². The number of nitrogens with zero attached hydrogens (tertiary/aromatic N) is 1. The second-order valence-electron chi connectivity index (χ2n) is 3.71. The van der Waals surface area contributed by atoms with Gasteiger partial charge in [-0.3, -0.25) is 9.69 Å². The van der Waals surface area contributed by atoms with Gasteiger partial charge in [0.1, 0.15) is 6.61 Å². The molecular formula is C10H17NO4S. The van der Waals surface area contributed by atoms with E-state index in [9.17, 15) is 13.2 Å². The topological polar surface area (TPSA) is 63.7 Å². The van der Waals surface area contributed by atoms with Gasteiger partial charge in [-0.05, 0) is 0 Å². The summed E-state index contributed by atoms with van der Waals surface area (Å²) in [6.45, 7) is 5.40. The fourth-order valence-corrected chi connectivity index (χ4v) is 2.72. The maximum Gasteiger partial charge on any atom is 0.309 e. The van der Waals surface area contributed by atoms with Gasteiger partial charge in [-0.25, -0.2) is 8.42 Å². The Labute approximate surface area is 96.0 Å². The summed E-state index contributed by atoms with van der Waals surface area (Å²) >= 11 is 0. The van der Waals surface area contributed by atoms with Crippen molar-refractivity contribution in [2.24, 2.45) is 0 Å². The van der Waals surface area contributed by atoms with Crippen LogP contribution in [0.1, 0.15) is 6.42 Å². The van der Waals surface area contributed by atoms with Gasteiger partial charge in [-0.1, -0.05) is 6.08 Å². The van der Waals surface area contributed by atoms with Gasteiger partial charge in [0.25, 0.3) is 0 Å². The summed E-state index contributed by atoms with van der Waals surface area (Å²) < 4.78 is 27.2. The van der Waals surface area contributed by atoms with E-state index >= 15 is 0 Å². The van der Waals surface area contributed by atoms with E-state index in [1.807, 2.05) is 4.90 Å². The highest BCUT2D eigenvalue weighted by atomic mass is 32.2. The molecule has 5 nitrogen and oxygen atoms in total. The number of hydrogen-bond acceptors (Lipinski definition) is 5. The molecule has 1 heterocycles. The molecule has 0 saturated carbocycles. The minimum atomic E-state index is -2.83. The molecule has 0 atom stereocenters. The molecule has 0 bridgehead atoms. The highest BCUT2D eigenvalue weighted by molar-refractivity contribution is 7.91. The number of hydrogen-bond donors (Lipinski definition) is 0. The van der Waals surface area contributed by atoms with Crippen LogP contribution in [-0.2, 0) is 19.4 Å². The van der Waals surface area contributed by atoms with Crippen molar-refractivity contribution < 1.29 is 17.9 Å². The van der Waals surface area contributed by atoms with Crippen molar-refractivity contribution in [2.45, 2.75) is 6.42 Å². The molecule has 1 fully saturated rings. The van der Waals surface area contributed by atoms with Crippen molar-refractivity contribution in [3.8, 4) is 0 Å². The predicted molar refractivity (Wildman–Crippen MR) is 60.9 cm³/mol. The smallest absolute Gasteiger partial charge is 0.309 e. The van der Waals surface area contributed by atoms with Crippen LogP contribution in [0.5, 0.6) is 0 Å². The fraction of sp³-hybridized carbons (Fsp3) is 0.700. The zero-order chi connectivity index (χ0) is 12.0. The molecule has 1 aliphatic heterocycles. The molecule has 0 unspecified atom stereocenters. The van der Waals surface area contributed by atoms with Gasteiger partial charge in [0.15, 0.2) is 9.84 Å². The second-order valence-corrected chi connectivity index (χ2v) is 6.01. The summed E-state index contributed by atoms with van der Waals surface area (Å²) in [4.78, 5) is 13.0. The van der Waals surface area contributed by atoms with Gasteiger partial charge in [-0.2, -0.15) is 0 Å². The third-order valence-electron chi connectivity index (χ3n) is 2.42. The minimum absolute atomic E-state index is 0.202. The maximum absolute atomic E-state index is 11.1. The Morgan fingerprint density at radius 2 is 2.00 bits per heavy atom. The normalized spacial score (nSPS) is 20.2. The zero-order valence-electron chi connectivity index (χ0n) is 9.22. The molecule has 1 rings (SSSR count). The first-order valence-electron chi connectivity index (χ1n) is 5.23. The summed E-state index contributed by atoms with van der Waals surface area (Å²) in [5.41, 5.74) is 0. The molecule has 0 spiro atoms. The van der Waals surface area contributed by atoms with Crippen LogP contribution in [0.2, 0.25) is 0 Å². The van der Waals surface area contributed by atoms with E-state index in [4.69, 9.17) is 4.74 Å². The third kappa shape index (κ3) is 4.76. The van der Waals surface area contributed by atoms with E-state index in [1.54, 1.807) is 0 Å². The quantitative estimate of drug-likeness (QED) is 0.499. The highest BCUT2D eigenvalue weighted by Gasteiger charge is 2.21. The largest absolute Gasteiger partial charge is 0.464 e. The highest BCUT2D eigenvalue weighted by Crippen LogP contribution is 2.03. The average Bonchev–Trinajstić information content (AvgIpc) is 2.21. The number of esters is 1. The summed E-state index contributed by atoms with van der Waals surface area (Å²) in [7, 11) is -2.83. The summed E-state index contributed by atoms with van der Waals surface area (Å²) in [6, 6.07) is 0. The second kappa shape index (κ2) is 6.00. The molecular weight excluding hydrogens is 230 g/mol. The van der Waals surface area contributed by atoms with Crippen LogP contribution in [0.3, 0.4) is 0 Å². The first-order valence-corrected chi connectivity index (χ1v) is 7.05. The van der Waals surface area contributed by atoms with Crippen molar-refractivity contribution in [1.29, 1.82) is 0 Å². The lowest BCUT2D eigenvalue weighted by Crippen LogP contribution is -2.41. The minimum Gasteiger partial charge on any atom is -0.464 e. The molecule has 0 amide bonds. The Bertz CT molecular complexity index is 336. The Hall–Kier alpha value is -0.880. The molecule has 0 aliphatic carbocycles. The van der Waals surface area contributed by atoms with Gasteiger partial charge in [0, 0.05) is 19.6 Å². The van der Waals surface area contributed by atoms with Gasteiger partial charge >= 0.3 is 5.97 Å². The van der Waals surface area contributed by atoms with E-state index in [2.05, 4.69) is 6.58 Å². The summed E-state index contributed by atoms with van der Waals surface area (Å²) in [6.07, 6.45) is 1.71. The number of ether oxygens (including phenoxy) is 1. The number of rotatable bonds is 5. The van der Waals surface area contributed by atoms with Gasteiger partial charge in [-0.15, -0.1) is 6.58 Å². The first-order chi connectivity index (χ1) is 7.53. The van der Waals surface area contributed by atoms with Crippen LogP contribution >= 0.6 is 0 Å². The van der Waals surface area contributed by atoms with Gasteiger partial charge in [0.2, 0.25) is 0 Å². The molecule has 1 aliphatic rings. The van der Waals surface area contributed by atoms with Crippen molar-refractivity contribution in [3.05, 3.63) is 12.7 Å². The van der Waals surface area contributed by atoms with Crippen LogP contribution in [-0.4, -0.2) is 57.0 Å². The Kier molecular flexibility index (Phi) is 4.95. The van der Waals surface area contributed by atoms with Gasteiger partial charge in [0.05, 0.1) is 17.9 Å². The zero-order valence-corrected chi connectivity index (χ0v) is 10.0. The first kappa shape index (κ1) is 13.2. The van der Waals surface area contributed by atoms with Crippen LogP contribution < -0.4 is 0 Å². The van der Waals surface area contributed by atoms with E-state index in [-0.39, 0.29) is 23.9 Å². The SMILES string of the molecule is C=CCC(=O)OCCN1CCS(=O)(=O)CC1. The molecule has 0 N–H and O–H groups in total. The maximum atomic E-state index is 11.1. The lowest BCUT2D eigenvalue weighted by molar-refractivity contribution is -0.143. The molecule has 0 aromatic carbocycles. The standard InChI is InChI=1S/C10H17NO4S/c1-2-3-10(12)15-7-4-11-5-8-16(13,14)9-6-11/h2H,1,3-9H2. The van der Waals surface area contributed by atoms with Crippen molar-refractivity contribution >= 4 is 15.8 Å². The molecule has 0 radical (unpaired) electrons. The van der Waals surface area contributed by atoms with Crippen LogP contribution in [0.4, 0.5) is 0 Å². The van der Waals surface area contributed by atoms with Crippen molar-refractivity contribution in [3.63, 3.8) is 0 Å². The van der Waals surface area contributed by atoms with Crippen LogP contribution in [0.25, 0.3) is 0 Å². The number of sulfone groups is 1. The van der Waals surface area contributed by atoms with Crippen molar-refractivity contribution in [2.75, 3.05) is 37.7 Å². The molecule has 0 aromatic rings. The summed E-state index contributed by atoms with van der Waals surface area (Å²) in [5.74, 6) is 0.112. The number of carbonyl (C=O) groups excluding carboxylic acids is 1. The lowest BCUT2D eigenvalue weighted by Gasteiger charge is -2.25. The van der Waals surface area contributed by atoms with Crippen molar-refractivity contribution in [1.82, 2.24) is 4.90 Å². The molecule has 92 valence electrons. The average molecular weight is 247 g/mol. The number of carbonyl (C=O) groups is 1. The fourth-order valence-electron chi connectivity index (χ4n) is 1.44. The molecule has 1 saturated heterocycles. The molecule has 16 heavy (non-hydrogen) atoms. The van der Waals surface area contributed by atoms with Crippen LogP contribution in [0, 0.1) is 0 Å². The monoisotopic (exact) mass is 247 g/mol. The predicted octanol–water partition coefficient (Wildman–Crippen LogP) is -0.164. The lowest BCUT2D eigenvalue weighted by atomic mass is 10.4. The Morgan fingerprint density at radius 1 is 1.38 bits per heavy atom. The Morgan fingerprint density at radius 3 is 2.56 bits per heavy atom. The van der Waals surface area contributed by atoms with E-state index in [0.29, 0.717) is 26.2 Å². The van der Waals surface area contributed by atoms with E-state index in [1.165, 1.54) is 6.08 Å². The van der Waals surface area contributed by atoms with E-state index in [0.717, 1.165) is 0 Å². The molecule has 0 aromatic heterocycles. The summed E-state index contributed by atoms with van der Waals surface area (Å²) in [5, 5.41) is 0. The van der Waals surface area contributed by atoms with Gasteiger partial charge < -0.3 is 4.74 Å². The molecule has 6 heteroatoms. The third-order valence-corrected chi connectivity index (χ3v) is 4.03. The Balaban J connectivity index is 2.15. The van der Waals surface area contributed by atoms with Crippen LogP contribution in [0.15, 0.2) is 12.7 Å².